The van der Waals surface area contributed by atoms with Crippen LogP contribution in [-0.2, 0) is 19.0 Å². The summed E-state index contributed by atoms with van der Waals surface area (Å²) in [5.74, 6) is 1.47. The molecule has 0 unspecified atom stereocenters. The smallest absolute Gasteiger partial charge is 0.306 e. The summed E-state index contributed by atoms with van der Waals surface area (Å²) in [5.41, 5.74) is 0.499. The highest BCUT2D eigenvalue weighted by Gasteiger charge is 2.64. The molecule has 1 saturated carbocycles. The normalized spacial score (nSPS) is 51.1. The van der Waals surface area contributed by atoms with Crippen LogP contribution < -0.4 is 0 Å². The molecule has 3 fully saturated rings. The fourth-order valence-electron chi connectivity index (χ4n) is 6.53. The van der Waals surface area contributed by atoms with Crippen molar-refractivity contribution in [3.05, 3.63) is 11.6 Å². The Morgan fingerprint density at radius 3 is 2.79 bits per heavy atom. The number of hydrogen-bond acceptors (Lipinski definition) is 5. The van der Waals surface area contributed by atoms with Gasteiger partial charge in [-0.15, -0.1) is 0 Å². The van der Waals surface area contributed by atoms with E-state index in [0.29, 0.717) is 37.2 Å². The molecule has 3 aliphatic heterocycles. The van der Waals surface area contributed by atoms with Crippen LogP contribution in [0, 0.1) is 29.6 Å². The first-order valence-corrected chi connectivity index (χ1v) is 11.6. The Morgan fingerprint density at radius 2 is 2.07 bits per heavy atom. The van der Waals surface area contributed by atoms with E-state index in [1.54, 1.807) is 0 Å². The lowest BCUT2D eigenvalue weighted by Gasteiger charge is -2.47. The monoisotopic (exact) mass is 406 g/mol. The summed E-state index contributed by atoms with van der Waals surface area (Å²) in [6.45, 7) is 11.3. The van der Waals surface area contributed by atoms with E-state index in [-0.39, 0.29) is 36.1 Å². The molecular formula is C24H38O5. The van der Waals surface area contributed by atoms with E-state index in [1.807, 2.05) is 13.8 Å². The van der Waals surface area contributed by atoms with Gasteiger partial charge in [0, 0.05) is 18.3 Å². The summed E-state index contributed by atoms with van der Waals surface area (Å²) in [7, 11) is 0. The van der Waals surface area contributed by atoms with Crippen LogP contribution in [0.15, 0.2) is 11.6 Å². The molecule has 4 rings (SSSR count). The summed E-state index contributed by atoms with van der Waals surface area (Å²) in [4.78, 5) is 12.5. The fraction of sp³-hybridized carbons (Fsp3) is 0.875. The number of hydrogen-bond donors (Lipinski definition) is 1. The van der Waals surface area contributed by atoms with Gasteiger partial charge < -0.3 is 19.3 Å². The van der Waals surface area contributed by atoms with Crippen LogP contribution in [0.5, 0.6) is 0 Å². The molecule has 10 atom stereocenters. The molecule has 0 radical (unpaired) electrons. The molecule has 0 amide bonds. The maximum atomic E-state index is 12.5. The predicted molar refractivity (Wildman–Crippen MR) is 110 cm³/mol. The Hall–Kier alpha value is -0.910. The van der Waals surface area contributed by atoms with Crippen LogP contribution in [0.3, 0.4) is 0 Å². The van der Waals surface area contributed by atoms with E-state index in [2.05, 4.69) is 26.8 Å². The van der Waals surface area contributed by atoms with Crippen molar-refractivity contribution in [1.82, 2.24) is 0 Å². The fourth-order valence-corrected chi connectivity index (χ4v) is 6.53. The van der Waals surface area contributed by atoms with E-state index >= 15 is 0 Å². The molecule has 2 bridgehead atoms. The van der Waals surface area contributed by atoms with Crippen LogP contribution in [0.2, 0.25) is 0 Å². The van der Waals surface area contributed by atoms with E-state index in [0.717, 1.165) is 19.3 Å². The number of esters is 1. The van der Waals surface area contributed by atoms with Crippen molar-refractivity contribution in [1.29, 1.82) is 0 Å². The van der Waals surface area contributed by atoms with Crippen LogP contribution in [0.1, 0.15) is 66.7 Å². The Balaban J connectivity index is 1.77. The minimum atomic E-state index is -0.736. The van der Waals surface area contributed by atoms with Crippen molar-refractivity contribution in [3.8, 4) is 0 Å². The summed E-state index contributed by atoms with van der Waals surface area (Å²) < 4.78 is 19.3. The second-order valence-corrected chi connectivity index (χ2v) is 10.3. The van der Waals surface area contributed by atoms with Gasteiger partial charge in [0.05, 0.1) is 24.9 Å². The molecule has 1 aliphatic carbocycles. The minimum absolute atomic E-state index is 0.00412. The van der Waals surface area contributed by atoms with E-state index < -0.39 is 11.7 Å². The zero-order valence-corrected chi connectivity index (χ0v) is 18.6. The van der Waals surface area contributed by atoms with Gasteiger partial charge in [0.1, 0.15) is 11.7 Å². The molecule has 3 heterocycles. The molecule has 0 spiro atoms. The Labute approximate surface area is 175 Å². The number of carbonyl (C=O) groups is 1. The lowest BCUT2D eigenvalue weighted by atomic mass is 9.59. The SMILES string of the molecule is CCCC(=O)O[C@H]1[C@@H]2[C@@H]3[C@@H](C[C@H]1C)[C@@H](C)CO[C@@]1(C)[C@H](O)C/C=C(\C)C[C@@H]2O[C@@H]31. The van der Waals surface area contributed by atoms with E-state index in [1.165, 1.54) is 5.57 Å². The van der Waals surface area contributed by atoms with Crippen molar-refractivity contribution in [3.63, 3.8) is 0 Å². The molecule has 164 valence electrons. The number of carbonyl (C=O) groups excluding carboxylic acids is 1. The molecule has 0 aromatic heterocycles. The minimum Gasteiger partial charge on any atom is -0.462 e. The maximum absolute atomic E-state index is 12.5. The molecule has 2 saturated heterocycles. The van der Waals surface area contributed by atoms with Gasteiger partial charge >= 0.3 is 5.97 Å². The second-order valence-electron chi connectivity index (χ2n) is 10.3. The highest BCUT2D eigenvalue weighted by molar-refractivity contribution is 5.69. The molecule has 0 aromatic carbocycles. The molecule has 1 N–H and O–H groups in total. The number of aliphatic hydroxyl groups excluding tert-OH is 1. The first kappa shape index (κ1) is 21.3. The topological polar surface area (TPSA) is 65.0 Å². The van der Waals surface area contributed by atoms with Gasteiger partial charge in [-0.1, -0.05) is 32.4 Å². The number of fused-ring (bicyclic) bond motifs is 2. The standard InChI is InChI=1S/C24H38O5/c1-6-7-19(26)29-22-14(3)11-16-15(4)12-27-24(5)18(25)9-8-13(2)10-17-21(22)20(16)23(24)28-17/h8,14-18,20-23,25H,6-7,9-12H2,1-5H3/b13-8+/t14-,15+,16+,17+,18-,20+,21+,22-,23+,24+/m1/s1. The van der Waals surface area contributed by atoms with Crippen molar-refractivity contribution >= 4 is 5.97 Å². The van der Waals surface area contributed by atoms with E-state index in [9.17, 15) is 9.90 Å². The van der Waals surface area contributed by atoms with Crippen LogP contribution in [0.4, 0.5) is 0 Å². The third kappa shape index (κ3) is 3.57. The maximum Gasteiger partial charge on any atom is 0.306 e. The quantitative estimate of drug-likeness (QED) is 0.569. The summed E-state index contributed by atoms with van der Waals surface area (Å²) in [6, 6.07) is 0. The van der Waals surface area contributed by atoms with Gasteiger partial charge in [0.25, 0.3) is 0 Å². The lowest BCUT2D eigenvalue weighted by Crippen LogP contribution is -2.56. The summed E-state index contributed by atoms with van der Waals surface area (Å²) >= 11 is 0. The first-order chi connectivity index (χ1) is 13.8. The Morgan fingerprint density at radius 1 is 1.31 bits per heavy atom. The number of ether oxygens (including phenoxy) is 3. The molecule has 29 heavy (non-hydrogen) atoms. The second kappa shape index (κ2) is 7.97. The van der Waals surface area contributed by atoms with E-state index in [4.69, 9.17) is 14.2 Å². The van der Waals surface area contributed by atoms with Gasteiger partial charge in [-0.2, -0.15) is 0 Å². The van der Waals surface area contributed by atoms with Gasteiger partial charge in [0.2, 0.25) is 0 Å². The van der Waals surface area contributed by atoms with Crippen LogP contribution >= 0.6 is 0 Å². The van der Waals surface area contributed by atoms with Crippen molar-refractivity contribution < 1.29 is 24.1 Å². The number of aliphatic hydroxyl groups is 1. The van der Waals surface area contributed by atoms with Crippen LogP contribution in [-0.4, -0.2) is 47.7 Å². The molecule has 0 aromatic rings. The third-order valence-electron chi connectivity index (χ3n) is 8.17. The highest BCUT2D eigenvalue weighted by Crippen LogP contribution is 2.57. The van der Waals surface area contributed by atoms with Crippen molar-refractivity contribution in [2.24, 2.45) is 29.6 Å². The number of rotatable bonds is 3. The zero-order chi connectivity index (χ0) is 20.9. The van der Waals surface area contributed by atoms with Gasteiger partial charge in [-0.3, -0.25) is 4.79 Å². The van der Waals surface area contributed by atoms with Crippen LogP contribution in [0.25, 0.3) is 0 Å². The van der Waals surface area contributed by atoms with Crippen molar-refractivity contribution in [2.75, 3.05) is 6.61 Å². The van der Waals surface area contributed by atoms with Gasteiger partial charge in [0.15, 0.2) is 0 Å². The molecule has 4 aliphatic rings. The molecule has 5 nitrogen and oxygen atoms in total. The van der Waals surface area contributed by atoms with Gasteiger partial charge in [-0.05, 0) is 57.3 Å². The predicted octanol–water partition coefficient (Wildman–Crippen LogP) is 3.88. The summed E-state index contributed by atoms with van der Waals surface area (Å²) in [6.07, 6.45) is 4.95. The van der Waals surface area contributed by atoms with Crippen molar-refractivity contribution in [2.45, 2.75) is 96.7 Å². The molecular weight excluding hydrogens is 368 g/mol. The lowest BCUT2D eigenvalue weighted by molar-refractivity contribution is -0.183. The average Bonchev–Trinajstić information content (AvgIpc) is 3.02. The van der Waals surface area contributed by atoms with Gasteiger partial charge in [-0.25, -0.2) is 0 Å². The average molecular weight is 407 g/mol. The largest absolute Gasteiger partial charge is 0.462 e. The Bertz CT molecular complexity index is 660. The highest BCUT2D eigenvalue weighted by atomic mass is 16.6. The zero-order valence-electron chi connectivity index (χ0n) is 18.6. The third-order valence-corrected chi connectivity index (χ3v) is 8.17. The molecule has 5 heteroatoms. The summed E-state index contributed by atoms with van der Waals surface area (Å²) in [5, 5.41) is 11.1. The first-order valence-electron chi connectivity index (χ1n) is 11.6. The Kier molecular flexibility index (Phi) is 5.86.